The first-order valence-electron chi connectivity index (χ1n) is 7.97. The highest BCUT2D eigenvalue weighted by atomic mass is 16.2. The standard InChI is InChI=1S/C17H34N2O/c1-16(2,3)13-18(7)12-14-8-10-19(11-9-14)15(20)17(4,5)6/h14H,8-13H2,1-7H3. The van der Waals surface area contributed by atoms with Gasteiger partial charge in [0.15, 0.2) is 0 Å². The van der Waals surface area contributed by atoms with Crippen LogP contribution in [0.15, 0.2) is 0 Å². The maximum absolute atomic E-state index is 12.3. The number of carbonyl (C=O) groups excluding carboxylic acids is 1. The van der Waals surface area contributed by atoms with Gasteiger partial charge in [0.2, 0.25) is 5.91 Å². The van der Waals surface area contributed by atoms with E-state index in [0.29, 0.717) is 11.3 Å². The van der Waals surface area contributed by atoms with E-state index >= 15 is 0 Å². The molecule has 0 unspecified atom stereocenters. The van der Waals surface area contributed by atoms with Crippen LogP contribution in [0.5, 0.6) is 0 Å². The van der Waals surface area contributed by atoms with Crippen LogP contribution in [0.25, 0.3) is 0 Å². The van der Waals surface area contributed by atoms with Crippen LogP contribution >= 0.6 is 0 Å². The zero-order valence-electron chi connectivity index (χ0n) is 14.6. The van der Waals surface area contributed by atoms with Gasteiger partial charge in [-0.1, -0.05) is 41.5 Å². The first-order chi connectivity index (χ1) is 8.99. The van der Waals surface area contributed by atoms with E-state index in [9.17, 15) is 4.79 Å². The summed E-state index contributed by atoms with van der Waals surface area (Å²) in [4.78, 5) is 16.8. The van der Waals surface area contributed by atoms with Gasteiger partial charge in [0.1, 0.15) is 0 Å². The van der Waals surface area contributed by atoms with E-state index in [1.807, 2.05) is 20.8 Å². The first kappa shape index (κ1) is 17.5. The Kier molecular flexibility index (Phi) is 5.65. The molecule has 0 radical (unpaired) electrons. The number of carbonyl (C=O) groups is 1. The van der Waals surface area contributed by atoms with Crippen molar-refractivity contribution in [2.45, 2.75) is 54.4 Å². The summed E-state index contributed by atoms with van der Waals surface area (Å²) in [5.41, 5.74) is 0.119. The van der Waals surface area contributed by atoms with Gasteiger partial charge in [-0.05, 0) is 31.2 Å². The smallest absolute Gasteiger partial charge is 0.227 e. The van der Waals surface area contributed by atoms with E-state index in [1.165, 1.54) is 0 Å². The van der Waals surface area contributed by atoms with E-state index in [0.717, 1.165) is 44.9 Å². The van der Waals surface area contributed by atoms with Crippen LogP contribution in [0.2, 0.25) is 0 Å². The van der Waals surface area contributed by atoms with Crippen LogP contribution in [0.1, 0.15) is 54.4 Å². The zero-order valence-corrected chi connectivity index (χ0v) is 14.6. The maximum Gasteiger partial charge on any atom is 0.227 e. The summed E-state index contributed by atoms with van der Waals surface area (Å²) >= 11 is 0. The molecule has 0 aromatic rings. The summed E-state index contributed by atoms with van der Waals surface area (Å²) in [5, 5.41) is 0. The minimum Gasteiger partial charge on any atom is -0.342 e. The SMILES string of the molecule is CN(CC1CCN(C(=O)C(C)(C)C)CC1)CC(C)(C)C. The van der Waals surface area contributed by atoms with Crippen LogP contribution < -0.4 is 0 Å². The Morgan fingerprint density at radius 2 is 1.60 bits per heavy atom. The summed E-state index contributed by atoms with van der Waals surface area (Å²) in [6.45, 7) is 17.1. The third-order valence-electron chi connectivity index (χ3n) is 3.86. The van der Waals surface area contributed by atoms with Crippen LogP contribution in [0, 0.1) is 16.7 Å². The molecule has 0 saturated carbocycles. The Bertz CT molecular complexity index is 317. The Labute approximate surface area is 125 Å². The lowest BCUT2D eigenvalue weighted by molar-refractivity contribution is -0.141. The van der Waals surface area contributed by atoms with Gasteiger partial charge in [-0.25, -0.2) is 0 Å². The van der Waals surface area contributed by atoms with Gasteiger partial charge in [0.05, 0.1) is 0 Å². The van der Waals surface area contributed by atoms with Crippen molar-refractivity contribution in [1.82, 2.24) is 9.80 Å². The van der Waals surface area contributed by atoms with Crippen molar-refractivity contribution in [3.05, 3.63) is 0 Å². The normalized spacial score (nSPS) is 18.7. The zero-order chi connectivity index (χ0) is 15.6. The molecule has 3 heteroatoms. The molecule has 20 heavy (non-hydrogen) atoms. The Balaban J connectivity index is 2.38. The summed E-state index contributed by atoms with van der Waals surface area (Å²) < 4.78 is 0. The van der Waals surface area contributed by atoms with Crippen molar-refractivity contribution in [1.29, 1.82) is 0 Å². The number of hydrogen-bond donors (Lipinski definition) is 0. The van der Waals surface area contributed by atoms with Crippen molar-refractivity contribution in [3.63, 3.8) is 0 Å². The third-order valence-corrected chi connectivity index (χ3v) is 3.86. The van der Waals surface area contributed by atoms with Crippen LogP contribution in [0.4, 0.5) is 0 Å². The minimum absolute atomic E-state index is 0.240. The average Bonchev–Trinajstić information content (AvgIpc) is 2.25. The highest BCUT2D eigenvalue weighted by Crippen LogP contribution is 2.24. The highest BCUT2D eigenvalue weighted by Gasteiger charge is 2.30. The number of rotatable bonds is 3. The van der Waals surface area contributed by atoms with E-state index in [1.54, 1.807) is 0 Å². The summed E-state index contributed by atoms with van der Waals surface area (Å²) in [6.07, 6.45) is 2.30. The van der Waals surface area contributed by atoms with Crippen molar-refractivity contribution >= 4 is 5.91 Å². The Hall–Kier alpha value is -0.570. The summed E-state index contributed by atoms with van der Waals surface area (Å²) in [7, 11) is 2.22. The summed E-state index contributed by atoms with van der Waals surface area (Å²) in [6, 6.07) is 0. The van der Waals surface area contributed by atoms with Gasteiger partial charge >= 0.3 is 0 Å². The van der Waals surface area contributed by atoms with Crippen LogP contribution in [0.3, 0.4) is 0 Å². The predicted octanol–water partition coefficient (Wildman–Crippen LogP) is 3.25. The Morgan fingerprint density at radius 3 is 2.00 bits per heavy atom. The summed E-state index contributed by atoms with van der Waals surface area (Å²) in [5.74, 6) is 1.05. The van der Waals surface area contributed by atoms with Crippen LogP contribution in [-0.4, -0.2) is 48.9 Å². The molecule has 1 saturated heterocycles. The van der Waals surface area contributed by atoms with Gasteiger partial charge in [-0.15, -0.1) is 0 Å². The lowest BCUT2D eigenvalue weighted by atomic mass is 9.90. The lowest BCUT2D eigenvalue weighted by Crippen LogP contribution is -2.45. The molecule has 0 spiro atoms. The monoisotopic (exact) mass is 282 g/mol. The third kappa shape index (κ3) is 5.82. The molecule has 0 aliphatic carbocycles. The van der Waals surface area contributed by atoms with E-state index in [4.69, 9.17) is 0 Å². The molecule has 0 N–H and O–H groups in total. The molecule has 1 fully saturated rings. The second-order valence-electron chi connectivity index (χ2n) is 8.74. The highest BCUT2D eigenvalue weighted by molar-refractivity contribution is 5.81. The van der Waals surface area contributed by atoms with Gasteiger partial charge in [0.25, 0.3) is 0 Å². The second kappa shape index (κ2) is 6.46. The number of nitrogens with zero attached hydrogens (tertiary/aromatic N) is 2. The van der Waals surface area contributed by atoms with Crippen molar-refractivity contribution in [2.24, 2.45) is 16.7 Å². The van der Waals surface area contributed by atoms with Gasteiger partial charge < -0.3 is 9.80 Å². The topological polar surface area (TPSA) is 23.6 Å². The molecule has 0 atom stereocenters. The molecule has 1 aliphatic heterocycles. The quantitative estimate of drug-likeness (QED) is 0.793. The largest absolute Gasteiger partial charge is 0.342 e. The minimum atomic E-state index is -0.240. The average molecular weight is 282 g/mol. The molecule has 0 aromatic heterocycles. The van der Waals surface area contributed by atoms with Crippen molar-refractivity contribution in [2.75, 3.05) is 33.2 Å². The molecule has 118 valence electrons. The number of hydrogen-bond acceptors (Lipinski definition) is 2. The maximum atomic E-state index is 12.3. The molecular weight excluding hydrogens is 248 g/mol. The van der Waals surface area contributed by atoms with Gasteiger partial charge in [0, 0.05) is 31.6 Å². The number of likely N-dealkylation sites (tertiary alicyclic amines) is 1. The van der Waals surface area contributed by atoms with Crippen molar-refractivity contribution < 1.29 is 4.79 Å². The molecule has 1 heterocycles. The van der Waals surface area contributed by atoms with E-state index in [-0.39, 0.29) is 5.41 Å². The number of amides is 1. The number of piperidine rings is 1. The fraction of sp³-hybridized carbons (Fsp3) is 0.941. The fourth-order valence-electron chi connectivity index (χ4n) is 3.11. The van der Waals surface area contributed by atoms with E-state index in [2.05, 4.69) is 37.6 Å². The molecule has 3 nitrogen and oxygen atoms in total. The van der Waals surface area contributed by atoms with Crippen molar-refractivity contribution in [3.8, 4) is 0 Å². The molecule has 1 rings (SSSR count). The predicted molar refractivity (Wildman–Crippen MR) is 85.7 cm³/mol. The molecule has 1 amide bonds. The lowest BCUT2D eigenvalue weighted by Gasteiger charge is -2.37. The first-order valence-corrected chi connectivity index (χ1v) is 7.97. The molecular formula is C17H34N2O. The Morgan fingerprint density at radius 1 is 1.10 bits per heavy atom. The fourth-order valence-corrected chi connectivity index (χ4v) is 3.11. The van der Waals surface area contributed by atoms with E-state index < -0.39 is 0 Å². The van der Waals surface area contributed by atoms with Gasteiger partial charge in [-0.3, -0.25) is 4.79 Å². The molecule has 1 aliphatic rings. The van der Waals surface area contributed by atoms with Crippen LogP contribution in [-0.2, 0) is 4.79 Å². The molecule has 0 bridgehead atoms. The molecule has 0 aromatic carbocycles. The second-order valence-corrected chi connectivity index (χ2v) is 8.74. The van der Waals surface area contributed by atoms with Gasteiger partial charge in [-0.2, -0.15) is 0 Å².